The van der Waals surface area contributed by atoms with E-state index in [1.165, 1.54) is 6.42 Å². The SMILES string of the molecule is Cc1nc(CO[C@H]2CN(Cc3ccccn3)[C@@H]3CCCO[C@H]23)cs1. The molecule has 3 atom stereocenters. The van der Waals surface area contributed by atoms with Gasteiger partial charge in [-0.05, 0) is 31.9 Å². The van der Waals surface area contributed by atoms with E-state index in [1.54, 1.807) is 11.3 Å². The maximum atomic E-state index is 6.20. The second-order valence-electron chi connectivity index (χ2n) is 6.50. The number of aromatic nitrogens is 2. The fourth-order valence-electron chi connectivity index (χ4n) is 3.70. The van der Waals surface area contributed by atoms with Gasteiger partial charge in [0.25, 0.3) is 0 Å². The minimum Gasteiger partial charge on any atom is -0.374 e. The third-order valence-electron chi connectivity index (χ3n) is 4.79. The molecule has 2 aliphatic rings. The maximum Gasteiger partial charge on any atom is 0.100 e. The Morgan fingerprint density at radius 2 is 2.33 bits per heavy atom. The molecular formula is C18H23N3O2S. The smallest absolute Gasteiger partial charge is 0.100 e. The van der Waals surface area contributed by atoms with Crippen LogP contribution in [0.4, 0.5) is 0 Å². The van der Waals surface area contributed by atoms with Gasteiger partial charge in [-0.3, -0.25) is 9.88 Å². The molecule has 128 valence electrons. The molecule has 24 heavy (non-hydrogen) atoms. The number of thiazole rings is 1. The number of fused-ring (bicyclic) bond motifs is 1. The molecule has 0 radical (unpaired) electrons. The summed E-state index contributed by atoms with van der Waals surface area (Å²) < 4.78 is 12.3. The number of ether oxygens (including phenoxy) is 2. The minimum atomic E-state index is 0.112. The number of aryl methyl sites for hydroxylation is 1. The third kappa shape index (κ3) is 3.52. The van der Waals surface area contributed by atoms with E-state index in [4.69, 9.17) is 9.47 Å². The van der Waals surface area contributed by atoms with E-state index in [0.29, 0.717) is 12.6 Å². The molecule has 4 rings (SSSR count). The molecule has 0 aliphatic carbocycles. The van der Waals surface area contributed by atoms with Crippen molar-refractivity contribution in [2.45, 2.75) is 51.2 Å². The fraction of sp³-hybridized carbons (Fsp3) is 0.556. The monoisotopic (exact) mass is 345 g/mol. The Bertz CT molecular complexity index is 663. The van der Waals surface area contributed by atoms with Crippen LogP contribution < -0.4 is 0 Å². The molecule has 2 aromatic heterocycles. The highest BCUT2D eigenvalue weighted by Crippen LogP contribution is 2.32. The molecule has 4 heterocycles. The molecular weight excluding hydrogens is 322 g/mol. The van der Waals surface area contributed by atoms with Gasteiger partial charge < -0.3 is 9.47 Å². The topological polar surface area (TPSA) is 47.5 Å². The lowest BCUT2D eigenvalue weighted by Crippen LogP contribution is -2.41. The van der Waals surface area contributed by atoms with Crippen LogP contribution in [0, 0.1) is 6.92 Å². The Hall–Kier alpha value is -1.34. The largest absolute Gasteiger partial charge is 0.374 e. The Kier molecular flexibility index (Phi) is 4.89. The second kappa shape index (κ2) is 7.27. The zero-order valence-electron chi connectivity index (χ0n) is 13.9. The predicted octanol–water partition coefficient (Wildman–Crippen LogP) is 2.80. The van der Waals surface area contributed by atoms with Crippen LogP contribution in [0.25, 0.3) is 0 Å². The fourth-order valence-corrected chi connectivity index (χ4v) is 4.30. The average molecular weight is 345 g/mol. The lowest BCUT2D eigenvalue weighted by atomic mass is 10.0. The lowest BCUT2D eigenvalue weighted by Gasteiger charge is -2.32. The van der Waals surface area contributed by atoms with Crippen molar-refractivity contribution in [1.82, 2.24) is 14.9 Å². The van der Waals surface area contributed by atoms with Crippen molar-refractivity contribution >= 4 is 11.3 Å². The summed E-state index contributed by atoms with van der Waals surface area (Å²) >= 11 is 1.67. The summed E-state index contributed by atoms with van der Waals surface area (Å²) in [6, 6.07) is 6.53. The molecule has 2 saturated heterocycles. The quantitative estimate of drug-likeness (QED) is 0.834. The predicted molar refractivity (Wildman–Crippen MR) is 92.8 cm³/mol. The van der Waals surface area contributed by atoms with E-state index < -0.39 is 0 Å². The van der Waals surface area contributed by atoms with Crippen LogP contribution in [0.2, 0.25) is 0 Å². The number of pyridine rings is 1. The zero-order valence-corrected chi connectivity index (χ0v) is 14.7. The van der Waals surface area contributed by atoms with E-state index in [9.17, 15) is 0 Å². The first kappa shape index (κ1) is 16.1. The van der Waals surface area contributed by atoms with E-state index in [0.717, 1.165) is 42.5 Å². The summed E-state index contributed by atoms with van der Waals surface area (Å²) in [5, 5.41) is 3.17. The van der Waals surface area contributed by atoms with Crippen molar-refractivity contribution in [2.75, 3.05) is 13.2 Å². The van der Waals surface area contributed by atoms with Crippen LogP contribution >= 0.6 is 11.3 Å². The lowest BCUT2D eigenvalue weighted by molar-refractivity contribution is -0.0823. The Labute approximate surface area is 146 Å². The number of hydrogen-bond donors (Lipinski definition) is 0. The minimum absolute atomic E-state index is 0.112. The average Bonchev–Trinajstić information content (AvgIpc) is 3.18. The molecule has 2 fully saturated rings. The van der Waals surface area contributed by atoms with Crippen molar-refractivity contribution in [1.29, 1.82) is 0 Å². The van der Waals surface area contributed by atoms with Crippen LogP contribution in [-0.4, -0.2) is 46.3 Å². The van der Waals surface area contributed by atoms with Gasteiger partial charge in [-0.1, -0.05) is 6.07 Å². The molecule has 2 aromatic rings. The molecule has 0 N–H and O–H groups in total. The summed E-state index contributed by atoms with van der Waals surface area (Å²) in [5.74, 6) is 0. The maximum absolute atomic E-state index is 6.20. The highest BCUT2D eigenvalue weighted by atomic mass is 32.1. The summed E-state index contributed by atoms with van der Waals surface area (Å²) in [4.78, 5) is 11.4. The zero-order chi connectivity index (χ0) is 16.4. The van der Waals surface area contributed by atoms with Crippen LogP contribution in [0.1, 0.15) is 29.2 Å². The number of nitrogens with zero attached hydrogens (tertiary/aromatic N) is 3. The van der Waals surface area contributed by atoms with Crippen molar-refractivity contribution in [2.24, 2.45) is 0 Å². The van der Waals surface area contributed by atoms with Crippen LogP contribution in [-0.2, 0) is 22.6 Å². The Balaban J connectivity index is 1.42. The van der Waals surface area contributed by atoms with E-state index in [-0.39, 0.29) is 12.2 Å². The molecule has 0 spiro atoms. The summed E-state index contributed by atoms with van der Waals surface area (Å²) in [5.41, 5.74) is 2.13. The molecule has 0 amide bonds. The van der Waals surface area contributed by atoms with Crippen molar-refractivity contribution in [3.05, 3.63) is 46.2 Å². The highest BCUT2D eigenvalue weighted by molar-refractivity contribution is 7.09. The molecule has 0 bridgehead atoms. The molecule has 0 aromatic carbocycles. The molecule has 5 nitrogen and oxygen atoms in total. The van der Waals surface area contributed by atoms with E-state index >= 15 is 0 Å². The summed E-state index contributed by atoms with van der Waals surface area (Å²) in [6.07, 6.45) is 4.44. The van der Waals surface area contributed by atoms with Gasteiger partial charge in [-0.25, -0.2) is 4.98 Å². The molecule has 0 unspecified atom stereocenters. The first-order valence-electron chi connectivity index (χ1n) is 8.58. The van der Waals surface area contributed by atoms with Crippen LogP contribution in [0.3, 0.4) is 0 Å². The number of hydrogen-bond acceptors (Lipinski definition) is 6. The van der Waals surface area contributed by atoms with E-state index in [2.05, 4.69) is 26.3 Å². The first-order chi connectivity index (χ1) is 11.8. The van der Waals surface area contributed by atoms with Gasteiger partial charge in [0, 0.05) is 37.3 Å². The summed E-state index contributed by atoms with van der Waals surface area (Å²) in [6.45, 7) is 5.20. The van der Waals surface area contributed by atoms with Gasteiger partial charge in [0.1, 0.15) is 6.10 Å². The van der Waals surface area contributed by atoms with Gasteiger partial charge >= 0.3 is 0 Å². The van der Waals surface area contributed by atoms with Crippen LogP contribution in [0.5, 0.6) is 0 Å². The van der Waals surface area contributed by atoms with Gasteiger partial charge in [0.2, 0.25) is 0 Å². The van der Waals surface area contributed by atoms with Crippen molar-refractivity contribution < 1.29 is 9.47 Å². The van der Waals surface area contributed by atoms with Gasteiger partial charge in [-0.2, -0.15) is 0 Å². The van der Waals surface area contributed by atoms with E-state index in [1.807, 2.05) is 25.3 Å². The first-order valence-corrected chi connectivity index (χ1v) is 9.46. The van der Waals surface area contributed by atoms with Crippen molar-refractivity contribution in [3.8, 4) is 0 Å². The Morgan fingerprint density at radius 3 is 3.12 bits per heavy atom. The number of rotatable bonds is 5. The normalized spacial score (nSPS) is 27.3. The third-order valence-corrected chi connectivity index (χ3v) is 5.61. The Morgan fingerprint density at radius 1 is 1.38 bits per heavy atom. The molecule has 0 saturated carbocycles. The summed E-state index contributed by atoms with van der Waals surface area (Å²) in [7, 11) is 0. The molecule has 2 aliphatic heterocycles. The standard InChI is InChI=1S/C18H23N3O2S/c1-13-20-15(12-24-13)11-23-17-10-21(9-14-5-2-3-7-19-14)16-6-4-8-22-18(16)17/h2-3,5,7,12,16-18H,4,6,8-11H2,1H3/t16-,17+,18+/m1/s1. The van der Waals surface area contributed by atoms with Gasteiger partial charge in [-0.15, -0.1) is 11.3 Å². The van der Waals surface area contributed by atoms with Gasteiger partial charge in [0.15, 0.2) is 0 Å². The van der Waals surface area contributed by atoms with Crippen molar-refractivity contribution in [3.63, 3.8) is 0 Å². The highest BCUT2D eigenvalue weighted by Gasteiger charge is 2.44. The van der Waals surface area contributed by atoms with Crippen LogP contribution in [0.15, 0.2) is 29.8 Å². The number of likely N-dealkylation sites (tertiary alicyclic amines) is 1. The van der Waals surface area contributed by atoms with Gasteiger partial charge in [0.05, 0.1) is 29.1 Å². The molecule has 6 heteroatoms. The second-order valence-corrected chi connectivity index (χ2v) is 7.57.